The van der Waals surface area contributed by atoms with Gasteiger partial charge < -0.3 is 9.64 Å². The normalized spacial score (nSPS) is 14.9. The lowest BCUT2D eigenvalue weighted by Gasteiger charge is -2.17. The molecule has 2 rings (SSSR count). The van der Waals surface area contributed by atoms with Crippen molar-refractivity contribution in [1.82, 2.24) is 4.90 Å². The van der Waals surface area contributed by atoms with Gasteiger partial charge in [0.2, 0.25) is 10.0 Å². The smallest absolute Gasteiger partial charge is 0.260 e. The second-order valence-corrected chi connectivity index (χ2v) is 7.05. The van der Waals surface area contributed by atoms with E-state index in [1.807, 2.05) is 0 Å². The van der Waals surface area contributed by atoms with Crippen molar-refractivity contribution in [2.75, 3.05) is 13.7 Å². The lowest BCUT2D eigenvalue weighted by molar-refractivity contribution is -0.132. The van der Waals surface area contributed by atoms with E-state index in [0.29, 0.717) is 0 Å². The summed E-state index contributed by atoms with van der Waals surface area (Å²) in [7, 11) is -2.26. The van der Waals surface area contributed by atoms with E-state index in [1.54, 1.807) is 11.9 Å². The molecule has 0 aliphatic heterocycles. The Kier molecular flexibility index (Phi) is 4.67. The number of carbonyl (C=O) groups is 1. The highest BCUT2D eigenvalue weighted by molar-refractivity contribution is 7.89. The van der Waals surface area contributed by atoms with Crippen molar-refractivity contribution >= 4 is 39.1 Å². The predicted octanol–water partition coefficient (Wildman–Crippen LogP) is 1.64. The molecule has 0 bridgehead atoms. The lowest BCUT2D eigenvalue weighted by Crippen LogP contribution is -2.33. The minimum absolute atomic E-state index is 0.0925. The zero-order valence-electron chi connectivity index (χ0n) is 11.2. The molecule has 1 aliphatic rings. The Morgan fingerprint density at radius 1 is 1.38 bits per heavy atom. The quantitative estimate of drug-likeness (QED) is 0.871. The second-order valence-electron chi connectivity index (χ2n) is 4.76. The molecule has 9 heteroatoms. The molecule has 1 aliphatic carbocycles. The van der Waals surface area contributed by atoms with Gasteiger partial charge >= 0.3 is 0 Å². The zero-order valence-corrected chi connectivity index (χ0v) is 13.5. The summed E-state index contributed by atoms with van der Waals surface area (Å²) in [5.74, 6) is -0.0492. The highest BCUT2D eigenvalue weighted by Gasteiger charge is 2.29. The average molecular weight is 353 g/mol. The van der Waals surface area contributed by atoms with E-state index in [4.69, 9.17) is 33.1 Å². The van der Waals surface area contributed by atoms with Crippen LogP contribution in [0.5, 0.6) is 5.75 Å². The number of hydrogen-bond acceptors (Lipinski definition) is 4. The number of carbonyl (C=O) groups excluding carboxylic acids is 1. The van der Waals surface area contributed by atoms with Crippen LogP contribution >= 0.6 is 23.2 Å². The fourth-order valence-electron chi connectivity index (χ4n) is 1.75. The Labute approximate surface area is 132 Å². The Morgan fingerprint density at radius 2 is 2.00 bits per heavy atom. The van der Waals surface area contributed by atoms with Gasteiger partial charge in [0.05, 0.1) is 5.02 Å². The monoisotopic (exact) mass is 352 g/mol. The number of ether oxygens (including phenoxy) is 1. The molecule has 0 heterocycles. The number of nitrogens with zero attached hydrogens (tertiary/aromatic N) is 1. The Balaban J connectivity index is 2.11. The molecule has 1 saturated carbocycles. The Bertz CT molecular complexity index is 674. The fourth-order valence-corrected chi connectivity index (χ4v) is 3.12. The van der Waals surface area contributed by atoms with Crippen LogP contribution in [0.4, 0.5) is 0 Å². The molecule has 0 aromatic heterocycles. The maximum atomic E-state index is 11.8. The van der Waals surface area contributed by atoms with Crippen molar-refractivity contribution < 1.29 is 17.9 Å². The maximum absolute atomic E-state index is 11.8. The van der Waals surface area contributed by atoms with E-state index in [-0.39, 0.29) is 39.2 Å². The third-order valence-corrected chi connectivity index (χ3v) is 5.09. The van der Waals surface area contributed by atoms with Gasteiger partial charge in [-0.1, -0.05) is 23.2 Å². The number of halogens is 2. The Hall–Kier alpha value is -1.02. The van der Waals surface area contributed by atoms with Gasteiger partial charge in [0.1, 0.15) is 15.7 Å². The third kappa shape index (κ3) is 3.79. The first-order valence-corrected chi connectivity index (χ1v) is 8.41. The average Bonchev–Trinajstić information content (AvgIpc) is 3.22. The van der Waals surface area contributed by atoms with Gasteiger partial charge in [0, 0.05) is 13.1 Å². The molecule has 0 unspecified atom stereocenters. The molecule has 0 radical (unpaired) electrons. The minimum Gasteiger partial charge on any atom is -0.482 e. The molecule has 6 nitrogen and oxygen atoms in total. The molecule has 0 atom stereocenters. The molecule has 1 aromatic rings. The van der Waals surface area contributed by atoms with Crippen LogP contribution in [0.15, 0.2) is 17.0 Å². The van der Waals surface area contributed by atoms with Gasteiger partial charge in [-0.25, -0.2) is 13.6 Å². The maximum Gasteiger partial charge on any atom is 0.260 e. The zero-order chi connectivity index (χ0) is 15.8. The highest BCUT2D eigenvalue weighted by Crippen LogP contribution is 2.36. The summed E-state index contributed by atoms with van der Waals surface area (Å²) in [6.45, 7) is -0.197. The van der Waals surface area contributed by atoms with E-state index in [9.17, 15) is 13.2 Å². The van der Waals surface area contributed by atoms with Gasteiger partial charge in [0.25, 0.3) is 5.91 Å². The van der Waals surface area contributed by atoms with Crippen molar-refractivity contribution in [1.29, 1.82) is 0 Å². The van der Waals surface area contributed by atoms with E-state index in [2.05, 4.69) is 0 Å². The molecule has 1 aromatic carbocycles. The molecular formula is C12H14Cl2N2O4S. The molecule has 1 fully saturated rings. The third-order valence-electron chi connectivity index (χ3n) is 3.16. The lowest BCUT2D eigenvalue weighted by atomic mass is 10.3. The van der Waals surface area contributed by atoms with Gasteiger partial charge in [-0.15, -0.1) is 0 Å². The molecule has 0 spiro atoms. The number of hydrogen-bond donors (Lipinski definition) is 1. The predicted molar refractivity (Wildman–Crippen MR) is 79.1 cm³/mol. The van der Waals surface area contributed by atoms with E-state index >= 15 is 0 Å². The van der Waals surface area contributed by atoms with Crippen molar-refractivity contribution in [3.8, 4) is 5.75 Å². The molecular weight excluding hydrogens is 339 g/mol. The van der Waals surface area contributed by atoms with Crippen LogP contribution in [0, 0.1) is 0 Å². The summed E-state index contributed by atoms with van der Waals surface area (Å²) in [5.41, 5.74) is 0. The number of rotatable bonds is 5. The van der Waals surface area contributed by atoms with Crippen LogP contribution in [0.3, 0.4) is 0 Å². The van der Waals surface area contributed by atoms with Crippen LogP contribution in [0.1, 0.15) is 12.8 Å². The fraction of sp³-hybridized carbons (Fsp3) is 0.417. The standard InChI is InChI=1S/C12H14Cl2N2O4S/c1-16(7-2-3-7)10(17)6-20-8-4-5-9(21(15,18)19)12(14)11(8)13/h4-5,7H,2-3,6H2,1H3,(H2,15,18,19). The summed E-state index contributed by atoms with van der Waals surface area (Å²) >= 11 is 11.8. The second kappa shape index (κ2) is 6.00. The first-order valence-electron chi connectivity index (χ1n) is 6.11. The number of primary sulfonamides is 1. The molecule has 0 saturated heterocycles. The molecule has 2 N–H and O–H groups in total. The van der Waals surface area contributed by atoms with Gasteiger partial charge in [-0.3, -0.25) is 4.79 Å². The molecule has 116 valence electrons. The van der Waals surface area contributed by atoms with E-state index in [0.717, 1.165) is 12.8 Å². The number of amides is 1. The topological polar surface area (TPSA) is 89.7 Å². The summed E-state index contributed by atoms with van der Waals surface area (Å²) in [5, 5.41) is 4.69. The van der Waals surface area contributed by atoms with E-state index < -0.39 is 10.0 Å². The van der Waals surface area contributed by atoms with Crippen molar-refractivity contribution in [2.45, 2.75) is 23.8 Å². The van der Waals surface area contributed by atoms with Gasteiger partial charge in [0.15, 0.2) is 6.61 Å². The summed E-state index contributed by atoms with van der Waals surface area (Å²) < 4.78 is 27.9. The van der Waals surface area contributed by atoms with Crippen LogP contribution in [0.2, 0.25) is 10.0 Å². The summed E-state index contributed by atoms with van der Waals surface area (Å²) in [4.78, 5) is 13.2. The first kappa shape index (κ1) is 16.4. The first-order chi connectivity index (χ1) is 9.71. The van der Waals surface area contributed by atoms with E-state index in [1.165, 1.54) is 12.1 Å². The van der Waals surface area contributed by atoms with Crippen LogP contribution in [0.25, 0.3) is 0 Å². The SMILES string of the molecule is CN(C(=O)COc1ccc(S(N)(=O)=O)c(Cl)c1Cl)C1CC1. The molecule has 21 heavy (non-hydrogen) atoms. The van der Waals surface area contributed by atoms with Crippen molar-refractivity contribution in [3.05, 3.63) is 22.2 Å². The largest absolute Gasteiger partial charge is 0.482 e. The highest BCUT2D eigenvalue weighted by atomic mass is 35.5. The van der Waals surface area contributed by atoms with Crippen LogP contribution in [-0.2, 0) is 14.8 Å². The summed E-state index contributed by atoms with van der Waals surface area (Å²) in [6.07, 6.45) is 2.00. The molecule has 1 amide bonds. The number of nitrogens with two attached hydrogens (primary N) is 1. The van der Waals surface area contributed by atoms with Gasteiger partial charge in [-0.05, 0) is 25.0 Å². The minimum atomic E-state index is -3.97. The number of sulfonamides is 1. The van der Waals surface area contributed by atoms with Crippen LogP contribution < -0.4 is 9.88 Å². The summed E-state index contributed by atoms with van der Waals surface area (Å²) in [6, 6.07) is 2.79. The Morgan fingerprint density at radius 3 is 2.52 bits per heavy atom. The van der Waals surface area contributed by atoms with Gasteiger partial charge in [-0.2, -0.15) is 0 Å². The number of benzene rings is 1. The number of likely N-dealkylation sites (N-methyl/N-ethyl adjacent to an activating group) is 1. The van der Waals surface area contributed by atoms with Crippen molar-refractivity contribution in [2.24, 2.45) is 5.14 Å². The van der Waals surface area contributed by atoms with Crippen molar-refractivity contribution in [3.63, 3.8) is 0 Å². The van der Waals surface area contributed by atoms with Crippen LogP contribution in [-0.4, -0.2) is 38.9 Å².